The molecule has 0 spiro atoms. The Morgan fingerprint density at radius 3 is 2.70 bits per heavy atom. The summed E-state index contributed by atoms with van der Waals surface area (Å²) in [4.78, 5) is 2.39. The molecule has 1 fully saturated rings. The highest BCUT2D eigenvalue weighted by Crippen LogP contribution is 1.94. The lowest BCUT2D eigenvalue weighted by Crippen LogP contribution is -2.38. The number of rotatable bonds is 3. The Labute approximate surface area is 62.3 Å². The lowest BCUT2D eigenvalue weighted by molar-refractivity contribution is 0.0385. The van der Waals surface area contributed by atoms with E-state index in [1.165, 1.54) is 0 Å². The van der Waals surface area contributed by atoms with Gasteiger partial charge >= 0.3 is 0 Å². The quantitative estimate of drug-likeness (QED) is 0.535. The third kappa shape index (κ3) is 2.64. The largest absolute Gasteiger partial charge is 0.379 e. The standard InChI is InChI=1S/C7H15N2O/c1-8-2-3-9-4-6-10-7-5-9/h2-7H2,1H3. The van der Waals surface area contributed by atoms with Gasteiger partial charge in [-0.15, -0.1) is 0 Å². The first-order valence-corrected chi connectivity index (χ1v) is 3.79. The molecule has 1 aliphatic heterocycles. The molecule has 1 rings (SSSR count). The van der Waals surface area contributed by atoms with E-state index in [2.05, 4.69) is 10.2 Å². The third-order valence-corrected chi connectivity index (χ3v) is 1.74. The molecule has 0 bridgehead atoms. The number of likely N-dealkylation sites (N-methyl/N-ethyl adjacent to an activating group) is 1. The van der Waals surface area contributed by atoms with Crippen LogP contribution in [0.3, 0.4) is 0 Å². The second-order valence-corrected chi connectivity index (χ2v) is 2.49. The van der Waals surface area contributed by atoms with Gasteiger partial charge in [0.15, 0.2) is 0 Å². The van der Waals surface area contributed by atoms with Gasteiger partial charge in [0.1, 0.15) is 0 Å². The van der Waals surface area contributed by atoms with Crippen molar-refractivity contribution in [2.24, 2.45) is 0 Å². The zero-order chi connectivity index (χ0) is 7.23. The van der Waals surface area contributed by atoms with Gasteiger partial charge in [0.25, 0.3) is 0 Å². The fraction of sp³-hybridized carbons (Fsp3) is 1.00. The molecule has 3 nitrogen and oxygen atoms in total. The van der Waals surface area contributed by atoms with Crippen LogP contribution in [0.4, 0.5) is 0 Å². The Morgan fingerprint density at radius 2 is 2.10 bits per heavy atom. The van der Waals surface area contributed by atoms with Crippen molar-refractivity contribution < 1.29 is 4.74 Å². The molecular formula is C7H15N2O. The molecule has 0 aliphatic carbocycles. The minimum Gasteiger partial charge on any atom is -0.379 e. The molecule has 0 saturated carbocycles. The van der Waals surface area contributed by atoms with Gasteiger partial charge in [-0.05, 0) is 0 Å². The van der Waals surface area contributed by atoms with E-state index in [1.54, 1.807) is 0 Å². The van der Waals surface area contributed by atoms with Crippen LogP contribution in [0.2, 0.25) is 0 Å². The molecule has 1 radical (unpaired) electrons. The van der Waals surface area contributed by atoms with Crippen LogP contribution in [0.1, 0.15) is 0 Å². The second-order valence-electron chi connectivity index (χ2n) is 2.49. The molecule has 3 heteroatoms. The van der Waals surface area contributed by atoms with Gasteiger partial charge in [-0.1, -0.05) is 0 Å². The highest BCUT2D eigenvalue weighted by atomic mass is 16.5. The lowest BCUT2D eigenvalue weighted by Gasteiger charge is -2.25. The normalized spacial score (nSPS) is 21.3. The molecule has 59 valence electrons. The molecule has 1 aliphatic rings. The van der Waals surface area contributed by atoms with Gasteiger partial charge in [-0.3, -0.25) is 4.90 Å². The monoisotopic (exact) mass is 143 g/mol. The molecule has 0 aromatic heterocycles. The average Bonchev–Trinajstić information content (AvgIpc) is 2.03. The van der Waals surface area contributed by atoms with Crippen LogP contribution in [0, 0.1) is 0 Å². The molecule has 0 unspecified atom stereocenters. The summed E-state index contributed by atoms with van der Waals surface area (Å²) in [5.41, 5.74) is 0. The first-order chi connectivity index (χ1) is 4.93. The maximum atomic E-state index is 5.21. The number of hydrogen-bond donors (Lipinski definition) is 0. The summed E-state index contributed by atoms with van der Waals surface area (Å²) >= 11 is 0. The minimum atomic E-state index is 0.893. The van der Waals surface area contributed by atoms with Gasteiger partial charge in [-0.2, -0.15) is 0 Å². The van der Waals surface area contributed by atoms with Crippen molar-refractivity contribution >= 4 is 0 Å². The van der Waals surface area contributed by atoms with Crippen LogP contribution < -0.4 is 5.32 Å². The maximum absolute atomic E-state index is 5.21. The molecule has 10 heavy (non-hydrogen) atoms. The Morgan fingerprint density at radius 1 is 1.40 bits per heavy atom. The highest BCUT2D eigenvalue weighted by molar-refractivity contribution is 4.61. The van der Waals surface area contributed by atoms with Crippen molar-refractivity contribution in [3.8, 4) is 0 Å². The third-order valence-electron chi connectivity index (χ3n) is 1.74. The number of hydrogen-bond acceptors (Lipinski definition) is 2. The first kappa shape index (κ1) is 7.98. The number of nitrogens with zero attached hydrogens (tertiary/aromatic N) is 2. The van der Waals surface area contributed by atoms with Gasteiger partial charge in [0.05, 0.1) is 13.2 Å². The molecule has 0 amide bonds. The van der Waals surface area contributed by atoms with E-state index < -0.39 is 0 Å². The van der Waals surface area contributed by atoms with Gasteiger partial charge in [0.2, 0.25) is 0 Å². The summed E-state index contributed by atoms with van der Waals surface area (Å²) in [5.74, 6) is 0. The Bertz CT molecular complexity index is 81.7. The summed E-state index contributed by atoms with van der Waals surface area (Å²) < 4.78 is 5.21. The van der Waals surface area contributed by atoms with Crippen molar-refractivity contribution in [3.63, 3.8) is 0 Å². The van der Waals surface area contributed by atoms with Crippen LogP contribution in [0.15, 0.2) is 0 Å². The molecular weight excluding hydrogens is 128 g/mol. The van der Waals surface area contributed by atoms with Crippen molar-refractivity contribution in [3.05, 3.63) is 0 Å². The van der Waals surface area contributed by atoms with Crippen LogP contribution in [-0.4, -0.2) is 51.3 Å². The molecule has 1 heterocycles. The van der Waals surface area contributed by atoms with E-state index >= 15 is 0 Å². The first-order valence-electron chi connectivity index (χ1n) is 3.79. The van der Waals surface area contributed by atoms with E-state index in [0.29, 0.717) is 0 Å². The van der Waals surface area contributed by atoms with Gasteiger partial charge in [0, 0.05) is 33.2 Å². The van der Waals surface area contributed by atoms with Crippen molar-refractivity contribution in [2.45, 2.75) is 0 Å². The van der Waals surface area contributed by atoms with E-state index in [-0.39, 0.29) is 0 Å². The van der Waals surface area contributed by atoms with Crippen LogP contribution in [0.25, 0.3) is 0 Å². The van der Waals surface area contributed by atoms with Crippen molar-refractivity contribution in [1.29, 1.82) is 0 Å². The fourth-order valence-electron chi connectivity index (χ4n) is 1.07. The average molecular weight is 143 g/mol. The summed E-state index contributed by atoms with van der Waals surface area (Å²) in [7, 11) is 1.86. The number of ether oxygens (including phenoxy) is 1. The molecule has 0 N–H and O–H groups in total. The maximum Gasteiger partial charge on any atom is 0.0594 e. The van der Waals surface area contributed by atoms with E-state index in [1.807, 2.05) is 7.05 Å². The fourth-order valence-corrected chi connectivity index (χ4v) is 1.07. The molecule has 0 aromatic rings. The molecule has 0 atom stereocenters. The van der Waals surface area contributed by atoms with Crippen LogP contribution in [-0.2, 0) is 4.74 Å². The van der Waals surface area contributed by atoms with E-state index in [0.717, 1.165) is 39.4 Å². The van der Waals surface area contributed by atoms with E-state index in [9.17, 15) is 0 Å². The van der Waals surface area contributed by atoms with Crippen molar-refractivity contribution in [2.75, 3.05) is 46.4 Å². The van der Waals surface area contributed by atoms with Crippen LogP contribution >= 0.6 is 0 Å². The molecule has 1 saturated heterocycles. The molecule has 0 aromatic carbocycles. The Hall–Kier alpha value is -0.120. The SMILES string of the molecule is C[N]CCN1CCOCC1. The lowest BCUT2D eigenvalue weighted by atomic mass is 10.4. The van der Waals surface area contributed by atoms with Gasteiger partial charge in [-0.25, -0.2) is 5.32 Å². The van der Waals surface area contributed by atoms with Crippen molar-refractivity contribution in [1.82, 2.24) is 10.2 Å². The second kappa shape index (κ2) is 4.66. The summed E-state index contributed by atoms with van der Waals surface area (Å²) in [6, 6.07) is 0. The summed E-state index contributed by atoms with van der Waals surface area (Å²) in [6.07, 6.45) is 0. The minimum absolute atomic E-state index is 0.893. The van der Waals surface area contributed by atoms with Gasteiger partial charge < -0.3 is 4.74 Å². The van der Waals surface area contributed by atoms with Crippen LogP contribution in [0.5, 0.6) is 0 Å². The Kier molecular flexibility index (Phi) is 3.72. The predicted octanol–water partition coefficient (Wildman–Crippen LogP) is -0.447. The number of morpholine rings is 1. The Balaban J connectivity index is 2.02. The zero-order valence-corrected chi connectivity index (χ0v) is 6.55. The summed E-state index contributed by atoms with van der Waals surface area (Å²) in [5, 5.41) is 4.05. The summed E-state index contributed by atoms with van der Waals surface area (Å²) in [6.45, 7) is 6.00. The predicted molar refractivity (Wildman–Crippen MR) is 40.2 cm³/mol. The topological polar surface area (TPSA) is 26.6 Å². The smallest absolute Gasteiger partial charge is 0.0594 e. The zero-order valence-electron chi connectivity index (χ0n) is 6.55. The van der Waals surface area contributed by atoms with E-state index in [4.69, 9.17) is 4.74 Å². The highest BCUT2D eigenvalue weighted by Gasteiger charge is 2.08.